The number of nitrogens with one attached hydrogen (secondary N) is 2. The van der Waals surface area contributed by atoms with E-state index in [-0.39, 0.29) is 17.6 Å². The number of hydrogen-bond acceptors (Lipinski definition) is 6. The summed E-state index contributed by atoms with van der Waals surface area (Å²) in [6, 6.07) is 7.79. The Labute approximate surface area is 149 Å². The van der Waals surface area contributed by atoms with Crippen molar-refractivity contribution < 1.29 is 9.59 Å². The highest BCUT2D eigenvalue weighted by atomic mass is 32.2. The fourth-order valence-corrected chi connectivity index (χ4v) is 3.44. The molecule has 128 valence electrons. The molecule has 0 aliphatic heterocycles. The number of nitrogens with zero attached hydrogens (tertiary/aromatic N) is 2. The van der Waals surface area contributed by atoms with Crippen molar-refractivity contribution in [3.8, 4) is 0 Å². The van der Waals surface area contributed by atoms with Crippen LogP contribution in [0.3, 0.4) is 0 Å². The summed E-state index contributed by atoms with van der Waals surface area (Å²) in [5.74, 6) is 0.0714. The van der Waals surface area contributed by atoms with Crippen LogP contribution < -0.4 is 10.6 Å². The molecule has 0 aliphatic rings. The van der Waals surface area contributed by atoms with E-state index in [4.69, 9.17) is 0 Å². The van der Waals surface area contributed by atoms with Crippen LogP contribution in [0.25, 0.3) is 0 Å². The normalized spacial score (nSPS) is 10.4. The summed E-state index contributed by atoms with van der Waals surface area (Å²) < 4.78 is 0.651. The van der Waals surface area contributed by atoms with Gasteiger partial charge in [-0.3, -0.25) is 9.59 Å². The maximum Gasteiger partial charge on any atom is 0.234 e. The van der Waals surface area contributed by atoms with Crippen LogP contribution in [-0.2, 0) is 16.0 Å². The van der Waals surface area contributed by atoms with Gasteiger partial charge >= 0.3 is 0 Å². The summed E-state index contributed by atoms with van der Waals surface area (Å²) in [6.07, 6.45) is 2.21. The summed E-state index contributed by atoms with van der Waals surface area (Å²) >= 11 is 2.57. The highest BCUT2D eigenvalue weighted by Gasteiger charge is 2.10. The summed E-state index contributed by atoms with van der Waals surface area (Å²) in [5, 5.41) is 13.9. The third-order valence-electron chi connectivity index (χ3n) is 3.10. The fraction of sp³-hybridized carbons (Fsp3) is 0.375. The van der Waals surface area contributed by atoms with Crippen molar-refractivity contribution in [1.82, 2.24) is 10.2 Å². The van der Waals surface area contributed by atoms with E-state index >= 15 is 0 Å². The van der Waals surface area contributed by atoms with Crippen LogP contribution in [0.1, 0.15) is 32.3 Å². The van der Waals surface area contributed by atoms with Crippen LogP contribution in [-0.4, -0.2) is 27.8 Å². The molecule has 0 radical (unpaired) electrons. The Bertz CT molecular complexity index is 686. The Morgan fingerprint density at radius 3 is 2.50 bits per heavy atom. The molecule has 0 atom stereocenters. The lowest BCUT2D eigenvalue weighted by Gasteiger charge is -2.05. The molecule has 2 amide bonds. The minimum absolute atomic E-state index is 0.0709. The zero-order valence-electron chi connectivity index (χ0n) is 13.7. The quantitative estimate of drug-likeness (QED) is 0.552. The lowest BCUT2D eigenvalue weighted by Crippen LogP contribution is -2.13. The van der Waals surface area contributed by atoms with E-state index in [9.17, 15) is 9.59 Å². The number of carbonyl (C=O) groups excluding carboxylic acids is 2. The molecule has 0 aliphatic carbocycles. The van der Waals surface area contributed by atoms with Gasteiger partial charge in [0.2, 0.25) is 16.9 Å². The number of hydrogen-bond donors (Lipinski definition) is 2. The van der Waals surface area contributed by atoms with Gasteiger partial charge in [-0.25, -0.2) is 0 Å². The average molecular weight is 364 g/mol. The first-order chi connectivity index (χ1) is 11.6. The molecule has 1 heterocycles. The van der Waals surface area contributed by atoms with Crippen LogP contribution >= 0.6 is 23.1 Å². The molecule has 1 aromatic carbocycles. The Kier molecular flexibility index (Phi) is 7.20. The molecule has 0 fully saturated rings. The van der Waals surface area contributed by atoms with Crippen molar-refractivity contribution in [2.24, 2.45) is 0 Å². The monoisotopic (exact) mass is 364 g/mol. The predicted molar refractivity (Wildman–Crippen MR) is 98.6 cm³/mol. The molecule has 0 spiro atoms. The Balaban J connectivity index is 1.79. The molecule has 0 saturated carbocycles. The molecule has 0 bridgehead atoms. The number of carbonyl (C=O) groups is 2. The topological polar surface area (TPSA) is 84.0 Å². The van der Waals surface area contributed by atoms with Gasteiger partial charge in [-0.15, -0.1) is 10.2 Å². The van der Waals surface area contributed by atoms with Gasteiger partial charge in [0.05, 0.1) is 5.75 Å². The average Bonchev–Trinajstić information content (AvgIpc) is 3.01. The fourth-order valence-electron chi connectivity index (χ4n) is 1.88. The van der Waals surface area contributed by atoms with E-state index in [0.29, 0.717) is 15.9 Å². The maximum atomic E-state index is 12.0. The lowest BCUT2D eigenvalue weighted by atomic mass is 10.1. The van der Waals surface area contributed by atoms with E-state index in [1.165, 1.54) is 28.7 Å². The molecule has 1 aromatic heterocycles. The Morgan fingerprint density at radius 2 is 1.83 bits per heavy atom. The van der Waals surface area contributed by atoms with Crippen LogP contribution in [0.5, 0.6) is 0 Å². The van der Waals surface area contributed by atoms with Gasteiger partial charge in [0.25, 0.3) is 0 Å². The van der Waals surface area contributed by atoms with Crippen LogP contribution in [0.15, 0.2) is 28.6 Å². The van der Waals surface area contributed by atoms with Crippen LogP contribution in [0, 0.1) is 0 Å². The molecule has 6 nitrogen and oxygen atoms in total. The van der Waals surface area contributed by atoms with Crippen LogP contribution in [0.4, 0.5) is 10.8 Å². The van der Waals surface area contributed by atoms with Gasteiger partial charge in [0.1, 0.15) is 0 Å². The molecular formula is C16H20N4O2S2. The maximum absolute atomic E-state index is 12.0. The second-order valence-electron chi connectivity index (χ2n) is 5.06. The molecule has 0 saturated heterocycles. The predicted octanol–water partition coefficient (Wildman–Crippen LogP) is 3.57. The third kappa shape index (κ3) is 5.93. The minimum atomic E-state index is -0.101. The van der Waals surface area contributed by atoms with E-state index in [1.54, 1.807) is 0 Å². The van der Waals surface area contributed by atoms with Crippen molar-refractivity contribution in [3.05, 3.63) is 29.8 Å². The van der Waals surface area contributed by atoms with Gasteiger partial charge < -0.3 is 10.6 Å². The van der Waals surface area contributed by atoms with Crippen LogP contribution in [0.2, 0.25) is 0 Å². The number of rotatable bonds is 8. The Hall–Kier alpha value is -1.93. The van der Waals surface area contributed by atoms with Gasteiger partial charge in [-0.1, -0.05) is 49.1 Å². The standard InChI is InChI=1S/C16H20N4O2S2/c1-3-5-13(21)18-15-19-20-16(24-15)23-10-14(22)17-12-8-6-11(4-2)7-9-12/h6-9H,3-5,10H2,1-2H3,(H,17,22)(H,18,19,21). The first-order valence-electron chi connectivity index (χ1n) is 7.75. The van der Waals surface area contributed by atoms with Gasteiger partial charge in [0.15, 0.2) is 4.34 Å². The zero-order chi connectivity index (χ0) is 17.4. The zero-order valence-corrected chi connectivity index (χ0v) is 15.3. The van der Waals surface area contributed by atoms with E-state index in [1.807, 2.05) is 31.2 Å². The molecule has 24 heavy (non-hydrogen) atoms. The highest BCUT2D eigenvalue weighted by Crippen LogP contribution is 2.25. The smallest absolute Gasteiger partial charge is 0.234 e. The molecule has 0 unspecified atom stereocenters. The number of amides is 2. The highest BCUT2D eigenvalue weighted by molar-refractivity contribution is 8.01. The summed E-state index contributed by atoms with van der Waals surface area (Å²) in [4.78, 5) is 23.5. The van der Waals surface area contributed by atoms with Crippen molar-refractivity contribution in [2.45, 2.75) is 37.4 Å². The summed E-state index contributed by atoms with van der Waals surface area (Å²) in [5.41, 5.74) is 2.01. The van der Waals surface area contributed by atoms with Crippen molar-refractivity contribution in [2.75, 3.05) is 16.4 Å². The van der Waals surface area contributed by atoms with E-state index in [0.717, 1.165) is 18.5 Å². The number of aryl methyl sites for hydroxylation is 1. The summed E-state index contributed by atoms with van der Waals surface area (Å²) in [7, 11) is 0. The van der Waals surface area contributed by atoms with E-state index < -0.39 is 0 Å². The summed E-state index contributed by atoms with van der Waals surface area (Å²) in [6.45, 7) is 4.03. The number of benzene rings is 1. The molecule has 2 N–H and O–H groups in total. The molecular weight excluding hydrogens is 344 g/mol. The number of thioether (sulfide) groups is 1. The van der Waals surface area contributed by atoms with Gasteiger partial charge in [-0.05, 0) is 30.5 Å². The molecule has 2 rings (SSSR count). The largest absolute Gasteiger partial charge is 0.325 e. The number of aromatic nitrogens is 2. The lowest BCUT2D eigenvalue weighted by molar-refractivity contribution is -0.116. The number of anilines is 2. The first-order valence-corrected chi connectivity index (χ1v) is 9.55. The SMILES string of the molecule is CCCC(=O)Nc1nnc(SCC(=O)Nc2ccc(CC)cc2)s1. The van der Waals surface area contributed by atoms with E-state index in [2.05, 4.69) is 27.8 Å². The second kappa shape index (κ2) is 9.39. The first kappa shape index (κ1) is 18.4. The third-order valence-corrected chi connectivity index (χ3v) is 5.07. The van der Waals surface area contributed by atoms with Crippen molar-refractivity contribution in [3.63, 3.8) is 0 Å². The Morgan fingerprint density at radius 1 is 1.08 bits per heavy atom. The van der Waals surface area contributed by atoms with Gasteiger partial charge in [0, 0.05) is 12.1 Å². The second-order valence-corrected chi connectivity index (χ2v) is 7.26. The molecule has 8 heteroatoms. The van der Waals surface area contributed by atoms with Crippen molar-refractivity contribution in [1.29, 1.82) is 0 Å². The minimum Gasteiger partial charge on any atom is -0.325 e. The van der Waals surface area contributed by atoms with Crippen molar-refractivity contribution >= 4 is 45.7 Å². The molecule has 2 aromatic rings. The van der Waals surface area contributed by atoms with Gasteiger partial charge in [-0.2, -0.15) is 0 Å².